The molecule has 250 valence electrons. The van der Waals surface area contributed by atoms with Crippen molar-refractivity contribution in [2.45, 2.75) is 153 Å². The summed E-state index contributed by atoms with van der Waals surface area (Å²) in [5, 5.41) is 40.3. The lowest BCUT2D eigenvalue weighted by Gasteiger charge is -2.43. The van der Waals surface area contributed by atoms with Crippen LogP contribution in [0.3, 0.4) is 0 Å². The Morgan fingerprint density at radius 3 is 1.57 bits per heavy atom. The molecule has 0 aromatic heterocycles. The van der Waals surface area contributed by atoms with E-state index in [9.17, 15) is 39.2 Å². The van der Waals surface area contributed by atoms with Crippen LogP contribution in [0.15, 0.2) is 0 Å². The first-order valence-corrected chi connectivity index (χ1v) is 18.1. The molecule has 1 rings (SSSR count). The monoisotopic (exact) mass is 650 g/mol. The molecule has 0 aromatic carbocycles. The molecule has 4 unspecified atom stereocenters. The third-order valence-corrected chi connectivity index (χ3v) is 8.72. The lowest BCUT2D eigenvalue weighted by atomic mass is 9.85. The molecule has 0 spiro atoms. The van der Waals surface area contributed by atoms with Crippen LogP contribution in [0, 0.1) is 0 Å². The highest BCUT2D eigenvalue weighted by atomic mass is 31.2. The topological polar surface area (TPSA) is 230 Å². The smallest absolute Gasteiger partial charge is 0.460 e. The molecule has 1 fully saturated rings. The van der Waals surface area contributed by atoms with Gasteiger partial charge < -0.3 is 39.8 Å². The Morgan fingerprint density at radius 2 is 1.12 bits per heavy atom. The maximum Gasteiger partial charge on any atom is 0.472 e. The van der Waals surface area contributed by atoms with Crippen LogP contribution in [0.2, 0.25) is 0 Å². The van der Waals surface area contributed by atoms with Crippen LogP contribution < -0.4 is 0 Å². The Morgan fingerprint density at radius 1 is 0.667 bits per heavy atom. The van der Waals surface area contributed by atoms with Gasteiger partial charge in [-0.3, -0.25) is 18.4 Å². The van der Waals surface area contributed by atoms with Gasteiger partial charge in [0.1, 0.15) is 42.7 Å². The van der Waals surface area contributed by atoms with Gasteiger partial charge in [-0.1, -0.05) is 90.9 Å². The molecule has 1 saturated carbocycles. The first-order valence-electron chi connectivity index (χ1n) is 15.0. The van der Waals surface area contributed by atoms with E-state index in [0.717, 1.165) is 19.3 Å². The second-order valence-corrected chi connectivity index (χ2v) is 13.5. The minimum Gasteiger partial charge on any atom is -0.460 e. The van der Waals surface area contributed by atoms with Crippen molar-refractivity contribution in [2.24, 2.45) is 0 Å². The van der Waals surface area contributed by atoms with Gasteiger partial charge in [0, 0.05) is 6.42 Å². The summed E-state index contributed by atoms with van der Waals surface area (Å²) in [4.78, 5) is 40.3. The molecular formula is C26H52O14P2. The third-order valence-electron chi connectivity index (χ3n) is 7.22. The Kier molecular flexibility index (Phi) is 19.3. The summed E-state index contributed by atoms with van der Waals surface area (Å²) in [6.07, 6.45) is 1.76. The first kappa shape index (κ1) is 39.6. The van der Waals surface area contributed by atoms with Crippen molar-refractivity contribution in [3.05, 3.63) is 0 Å². The average molecular weight is 651 g/mol. The minimum absolute atomic E-state index is 0.184. The number of unbranched alkanes of at least 4 members (excludes halogenated alkanes) is 12. The van der Waals surface area contributed by atoms with Gasteiger partial charge in [-0.05, 0) is 12.8 Å². The van der Waals surface area contributed by atoms with Crippen LogP contribution in [0.1, 0.15) is 110 Å². The van der Waals surface area contributed by atoms with E-state index < -0.39 is 70.9 Å². The van der Waals surface area contributed by atoms with E-state index >= 15 is 0 Å². The van der Waals surface area contributed by atoms with Crippen LogP contribution in [0.25, 0.3) is 0 Å². The van der Waals surface area contributed by atoms with Crippen LogP contribution in [0.4, 0.5) is 0 Å². The normalized spacial score (nSPS) is 27.0. The van der Waals surface area contributed by atoms with Gasteiger partial charge in [0.15, 0.2) is 0 Å². The van der Waals surface area contributed by atoms with Crippen LogP contribution in [0.5, 0.6) is 0 Å². The number of aliphatic hydroxyl groups is 4. The Labute approximate surface area is 248 Å². The molecule has 0 amide bonds. The number of carbonyl (C=O) groups is 1. The second kappa shape index (κ2) is 20.5. The van der Waals surface area contributed by atoms with Gasteiger partial charge in [-0.25, -0.2) is 9.13 Å². The Balaban J connectivity index is 2.36. The summed E-state index contributed by atoms with van der Waals surface area (Å²) in [7, 11) is -10.4. The minimum atomic E-state index is -5.28. The summed E-state index contributed by atoms with van der Waals surface area (Å²) in [5.74, 6) is -0.491. The number of aliphatic hydroxyl groups excluding tert-OH is 4. The van der Waals surface area contributed by atoms with Crippen LogP contribution >= 0.6 is 15.6 Å². The lowest BCUT2D eigenvalue weighted by Crippen LogP contribution is -2.64. The van der Waals surface area contributed by atoms with Crippen molar-refractivity contribution in [3.63, 3.8) is 0 Å². The number of ether oxygens (including phenoxy) is 1. The van der Waals surface area contributed by atoms with Crippen molar-refractivity contribution in [1.82, 2.24) is 0 Å². The second-order valence-electron chi connectivity index (χ2n) is 10.9. The number of hydrogen-bond donors (Lipinski definition) is 7. The van der Waals surface area contributed by atoms with E-state index in [-0.39, 0.29) is 12.8 Å². The van der Waals surface area contributed by atoms with Crippen LogP contribution in [-0.4, -0.2) is 90.4 Å². The predicted octanol–water partition coefficient (Wildman–Crippen LogP) is 3.23. The lowest BCUT2D eigenvalue weighted by molar-refractivity contribution is -0.216. The molecule has 14 nitrogen and oxygen atoms in total. The SMILES string of the molecule is CCCCCCCCCCCCCCCC(=O)O[C@H](CC)COP(=O)(O)OC1C(O)[C@H](O)C(O)[C@H](OP(=O)(O)O)[C@@H]1O. The van der Waals surface area contributed by atoms with Crippen molar-refractivity contribution in [1.29, 1.82) is 0 Å². The molecule has 42 heavy (non-hydrogen) atoms. The quantitative estimate of drug-likeness (QED) is 0.0478. The molecule has 7 N–H and O–H groups in total. The fourth-order valence-corrected chi connectivity index (χ4v) is 6.26. The van der Waals surface area contributed by atoms with Gasteiger partial charge >= 0.3 is 21.6 Å². The number of phosphoric ester groups is 2. The largest absolute Gasteiger partial charge is 0.472 e. The molecule has 0 radical (unpaired) electrons. The van der Waals surface area contributed by atoms with Crippen molar-refractivity contribution in [3.8, 4) is 0 Å². The molecule has 1 aliphatic rings. The van der Waals surface area contributed by atoms with Gasteiger partial charge in [-0.2, -0.15) is 0 Å². The molecule has 16 heteroatoms. The highest BCUT2D eigenvalue weighted by molar-refractivity contribution is 7.47. The standard InChI is InChI=1S/C26H52O14P2/c1-3-5-6-7-8-9-10-11-12-13-14-15-16-17-20(27)38-19(4-2)18-37-42(35,36)40-26-23(30)21(28)22(29)25(24(26)31)39-41(32,33)34/h19,21-26,28-31H,3-18H2,1-2H3,(H,35,36)(H2,32,33,34)/t19-,21-,22?,23?,24+,25+,26?/m1/s1. The maximum atomic E-state index is 12.5. The van der Waals surface area contributed by atoms with Gasteiger partial charge in [0.2, 0.25) is 0 Å². The van der Waals surface area contributed by atoms with Gasteiger partial charge in [-0.15, -0.1) is 0 Å². The van der Waals surface area contributed by atoms with E-state index in [1.165, 1.54) is 57.8 Å². The molecule has 0 aliphatic heterocycles. The number of hydrogen-bond acceptors (Lipinski definition) is 11. The summed E-state index contributed by atoms with van der Waals surface area (Å²) in [6.45, 7) is 3.31. The van der Waals surface area contributed by atoms with Gasteiger partial charge in [0.05, 0.1) is 6.61 Å². The molecule has 8 atom stereocenters. The summed E-state index contributed by atoms with van der Waals surface area (Å²) >= 11 is 0. The predicted molar refractivity (Wildman–Crippen MR) is 152 cm³/mol. The number of carbonyl (C=O) groups excluding carboxylic acids is 1. The zero-order valence-corrected chi connectivity index (χ0v) is 26.5. The molecular weight excluding hydrogens is 598 g/mol. The third kappa shape index (κ3) is 16.0. The molecule has 0 heterocycles. The summed E-state index contributed by atoms with van der Waals surface area (Å²) < 4.78 is 42.8. The van der Waals surface area contributed by atoms with Gasteiger partial charge in [0.25, 0.3) is 0 Å². The highest BCUT2D eigenvalue weighted by Gasteiger charge is 2.54. The maximum absolute atomic E-state index is 12.5. The molecule has 1 aliphatic carbocycles. The van der Waals surface area contributed by atoms with Crippen molar-refractivity contribution in [2.75, 3.05) is 6.61 Å². The van der Waals surface area contributed by atoms with E-state index in [1.54, 1.807) is 6.92 Å². The highest BCUT2D eigenvalue weighted by Crippen LogP contribution is 2.49. The molecule has 0 aromatic rings. The fraction of sp³-hybridized carbons (Fsp3) is 0.962. The zero-order chi connectivity index (χ0) is 31.8. The zero-order valence-electron chi connectivity index (χ0n) is 24.7. The van der Waals surface area contributed by atoms with Crippen LogP contribution in [-0.2, 0) is 32.2 Å². The van der Waals surface area contributed by atoms with E-state index in [4.69, 9.17) is 23.6 Å². The van der Waals surface area contributed by atoms with E-state index in [0.29, 0.717) is 6.42 Å². The Bertz CT molecular complexity index is 840. The number of rotatable bonds is 23. The van der Waals surface area contributed by atoms with Crippen molar-refractivity contribution < 1.29 is 67.3 Å². The fourth-order valence-electron chi connectivity index (χ4n) is 4.72. The summed E-state index contributed by atoms with van der Waals surface area (Å²) in [5.41, 5.74) is 0. The summed E-state index contributed by atoms with van der Waals surface area (Å²) in [6, 6.07) is 0. The molecule has 0 saturated heterocycles. The average Bonchev–Trinajstić information content (AvgIpc) is 2.92. The van der Waals surface area contributed by atoms with Crippen molar-refractivity contribution >= 4 is 21.6 Å². The van der Waals surface area contributed by atoms with E-state index in [1.807, 2.05) is 0 Å². The number of esters is 1. The Hall–Kier alpha value is -0.470. The van der Waals surface area contributed by atoms with E-state index in [2.05, 4.69) is 11.4 Å². The molecule has 0 bridgehead atoms. The number of phosphoric acid groups is 2. The first-order chi connectivity index (χ1) is 19.7.